The van der Waals surface area contributed by atoms with Gasteiger partial charge in [-0.3, -0.25) is 4.55 Å². The summed E-state index contributed by atoms with van der Waals surface area (Å²) in [5.41, 5.74) is 0.231. The average Bonchev–Trinajstić information content (AvgIpc) is 2.65. The Labute approximate surface area is 228 Å². The van der Waals surface area contributed by atoms with Gasteiger partial charge in [0.2, 0.25) is 0 Å². The van der Waals surface area contributed by atoms with Crippen molar-refractivity contribution in [3.05, 3.63) is 48.0 Å². The minimum absolute atomic E-state index is 0. The third-order valence-electron chi connectivity index (χ3n) is 4.16. The fourth-order valence-corrected chi connectivity index (χ4v) is 3.89. The van der Waals surface area contributed by atoms with E-state index in [-0.39, 0.29) is 75.6 Å². The number of hydrogen-bond donors (Lipinski definition) is 1. The van der Waals surface area contributed by atoms with E-state index in [9.17, 15) is 31.0 Å². The fourth-order valence-electron chi connectivity index (χ4n) is 2.74. The molecule has 0 aliphatic rings. The Balaban J connectivity index is 0.00000256. The Morgan fingerprint density at radius 2 is 1.62 bits per heavy atom. The number of ether oxygens (including phenoxy) is 1. The van der Waals surface area contributed by atoms with Gasteiger partial charge in [-0.25, -0.2) is 8.42 Å². The third kappa shape index (κ3) is 6.29. The Hall–Kier alpha value is -1.06. The monoisotopic (exact) mass is 496 g/mol. The molecule has 3 rings (SSSR count). The Morgan fingerprint density at radius 3 is 2.19 bits per heavy atom. The minimum Gasteiger partial charge on any atom is -0.871 e. The van der Waals surface area contributed by atoms with E-state index in [2.05, 4.69) is 10.2 Å². The summed E-state index contributed by atoms with van der Waals surface area (Å²) >= 11 is 0. The van der Waals surface area contributed by atoms with Crippen molar-refractivity contribution in [1.82, 2.24) is 0 Å². The van der Waals surface area contributed by atoms with Crippen LogP contribution in [-0.2, 0) is 20.2 Å². The predicted octanol–water partition coefficient (Wildman–Crippen LogP) is -3.20. The van der Waals surface area contributed by atoms with Crippen molar-refractivity contribution in [2.45, 2.75) is 16.7 Å². The molecule has 3 aromatic carbocycles. The summed E-state index contributed by atoms with van der Waals surface area (Å²) in [6, 6.07) is 8.67. The van der Waals surface area contributed by atoms with Crippen LogP contribution in [0.1, 0.15) is 5.56 Å². The van der Waals surface area contributed by atoms with Crippen LogP contribution < -0.4 is 69.0 Å². The quantitative estimate of drug-likeness (QED) is 0.219. The van der Waals surface area contributed by atoms with Crippen molar-refractivity contribution in [2.24, 2.45) is 10.2 Å². The number of fused-ring (bicyclic) bond motifs is 1. The van der Waals surface area contributed by atoms with Crippen LogP contribution in [0.4, 0.5) is 11.4 Å². The topological polar surface area (TPSA) is 169 Å². The van der Waals surface area contributed by atoms with Crippen LogP contribution in [0.25, 0.3) is 10.8 Å². The molecule has 0 atom stereocenters. The van der Waals surface area contributed by atoms with E-state index in [4.69, 9.17) is 4.74 Å². The number of nitrogens with zero attached hydrogens (tertiary/aromatic N) is 2. The maximum absolute atomic E-state index is 12.9. The van der Waals surface area contributed by atoms with E-state index in [1.165, 1.54) is 7.11 Å². The fraction of sp³-hybridized carbons (Fsp3) is 0.111. The van der Waals surface area contributed by atoms with E-state index in [0.717, 1.165) is 29.8 Å². The molecule has 0 aliphatic heterocycles. The predicted molar refractivity (Wildman–Crippen MR) is 103 cm³/mol. The zero-order chi connectivity index (χ0) is 22.3. The van der Waals surface area contributed by atoms with Crippen LogP contribution in [0.3, 0.4) is 0 Å². The van der Waals surface area contributed by atoms with Crippen molar-refractivity contribution in [3.63, 3.8) is 0 Å². The summed E-state index contributed by atoms with van der Waals surface area (Å²) in [6.07, 6.45) is 0. The smallest absolute Gasteiger partial charge is 0.871 e. The van der Waals surface area contributed by atoms with Gasteiger partial charge in [-0.05, 0) is 53.6 Å². The second-order valence-corrected chi connectivity index (χ2v) is 9.01. The molecule has 1 N–H and O–H groups in total. The summed E-state index contributed by atoms with van der Waals surface area (Å²) in [5, 5.41) is 20.1. The van der Waals surface area contributed by atoms with E-state index in [0.29, 0.717) is 5.75 Å². The maximum Gasteiger partial charge on any atom is 1.00 e. The molecule has 0 fully saturated rings. The number of azo groups is 1. The molecule has 32 heavy (non-hydrogen) atoms. The van der Waals surface area contributed by atoms with E-state index in [1.54, 1.807) is 25.1 Å². The molecule has 14 heteroatoms. The van der Waals surface area contributed by atoms with Crippen molar-refractivity contribution < 1.29 is 94.9 Å². The molecule has 3 aromatic rings. The first-order valence-corrected chi connectivity index (χ1v) is 11.0. The summed E-state index contributed by atoms with van der Waals surface area (Å²) in [5.74, 6) is -0.730. The van der Waals surface area contributed by atoms with E-state index < -0.39 is 41.5 Å². The van der Waals surface area contributed by atoms with Gasteiger partial charge in [0.1, 0.15) is 26.5 Å². The van der Waals surface area contributed by atoms with Gasteiger partial charge in [-0.2, -0.15) is 8.42 Å². The molecule has 0 saturated heterocycles. The second-order valence-electron chi connectivity index (χ2n) is 6.24. The minimum atomic E-state index is -4.88. The molecule has 0 amide bonds. The standard InChI is InChI=1S/C18H16N2O8S2.2Na/c1-10-3-6-15(28-2)14(7-10)19-20-17-16(30(25,26)27)8-11-4-5-12(29(22,23)24)9-13(11)18(17)21;;/h3-9,21H,1-2H3,(H,22,23,24)(H,25,26,27);;/q;2*+1/p-2. The maximum atomic E-state index is 12.9. The molecule has 0 spiro atoms. The van der Waals surface area contributed by atoms with E-state index >= 15 is 0 Å². The SMILES string of the molecule is COc1ccc(C)cc1N=Nc1c(S(=O)(=O)O)cc2ccc(S(=O)(=O)[O-])cc2c1[O-].[Na+].[Na+]. The molecule has 10 nitrogen and oxygen atoms in total. The van der Waals surface area contributed by atoms with Crippen LogP contribution in [-0.4, -0.2) is 33.1 Å². The average molecular weight is 496 g/mol. The summed E-state index contributed by atoms with van der Waals surface area (Å²) < 4.78 is 72.1. The van der Waals surface area contributed by atoms with Crippen LogP contribution in [0, 0.1) is 6.92 Å². The van der Waals surface area contributed by atoms with Gasteiger partial charge in [-0.1, -0.05) is 17.9 Å². The molecular weight excluding hydrogens is 482 g/mol. The van der Waals surface area contributed by atoms with Gasteiger partial charge < -0.3 is 14.4 Å². The van der Waals surface area contributed by atoms with Gasteiger partial charge in [-0.15, -0.1) is 10.2 Å². The molecule has 0 unspecified atom stereocenters. The van der Waals surface area contributed by atoms with Crippen LogP contribution in [0.2, 0.25) is 0 Å². The molecule has 0 aromatic heterocycles. The largest absolute Gasteiger partial charge is 1.00 e. The van der Waals surface area contributed by atoms with Gasteiger partial charge in [0.25, 0.3) is 10.1 Å². The summed E-state index contributed by atoms with van der Waals surface area (Å²) in [4.78, 5) is -1.48. The number of benzene rings is 3. The normalized spacial score (nSPS) is 11.8. The number of methoxy groups -OCH3 is 1. The Kier molecular flexibility index (Phi) is 9.88. The molecule has 0 heterocycles. The van der Waals surface area contributed by atoms with Crippen molar-refractivity contribution in [3.8, 4) is 11.5 Å². The Bertz CT molecular complexity index is 1410. The summed E-state index contributed by atoms with van der Waals surface area (Å²) in [7, 11) is -8.36. The van der Waals surface area contributed by atoms with Crippen molar-refractivity contribution in [2.75, 3.05) is 7.11 Å². The van der Waals surface area contributed by atoms with E-state index in [1.807, 2.05) is 0 Å². The number of hydrogen-bond acceptors (Lipinski definition) is 9. The molecule has 158 valence electrons. The van der Waals surface area contributed by atoms with Gasteiger partial charge in [0.05, 0.1) is 17.7 Å². The van der Waals surface area contributed by atoms with Crippen molar-refractivity contribution >= 4 is 42.4 Å². The third-order valence-corrected chi connectivity index (χ3v) is 5.86. The molecule has 0 bridgehead atoms. The zero-order valence-electron chi connectivity index (χ0n) is 17.6. The first-order valence-electron chi connectivity index (χ1n) is 8.19. The molecule has 0 aliphatic carbocycles. The van der Waals surface area contributed by atoms with Gasteiger partial charge in [0.15, 0.2) is 0 Å². The van der Waals surface area contributed by atoms with Crippen LogP contribution >= 0.6 is 0 Å². The first kappa shape index (κ1) is 29.0. The van der Waals surface area contributed by atoms with Crippen LogP contribution in [0.5, 0.6) is 11.5 Å². The summed E-state index contributed by atoms with van der Waals surface area (Å²) in [6.45, 7) is 1.77. The number of rotatable bonds is 5. The molecule has 0 radical (unpaired) electrons. The van der Waals surface area contributed by atoms with Gasteiger partial charge in [0, 0.05) is 0 Å². The Morgan fingerprint density at radius 1 is 0.969 bits per heavy atom. The molecule has 0 saturated carbocycles. The number of aryl methyl sites for hydroxylation is 1. The van der Waals surface area contributed by atoms with Gasteiger partial charge >= 0.3 is 59.1 Å². The molecular formula is C18H14N2Na2O8S2. The second kappa shape index (κ2) is 10.9. The first-order chi connectivity index (χ1) is 13.9. The van der Waals surface area contributed by atoms with Crippen LogP contribution in [0.15, 0.2) is 62.5 Å². The zero-order valence-corrected chi connectivity index (χ0v) is 23.2. The van der Waals surface area contributed by atoms with Crippen molar-refractivity contribution in [1.29, 1.82) is 0 Å².